The normalized spacial score (nSPS) is 21.3. The minimum atomic E-state index is -1.33. The highest BCUT2D eigenvalue weighted by Crippen LogP contribution is 2.44. The summed E-state index contributed by atoms with van der Waals surface area (Å²) < 4.78 is 27.8. The van der Waals surface area contributed by atoms with Crippen molar-refractivity contribution in [3.05, 3.63) is 33.9 Å². The zero-order chi connectivity index (χ0) is 20.2. The van der Waals surface area contributed by atoms with E-state index in [4.69, 9.17) is 15.2 Å². The predicted octanol–water partition coefficient (Wildman–Crippen LogP) is 1.77. The van der Waals surface area contributed by atoms with Gasteiger partial charge in [0.25, 0.3) is 0 Å². The van der Waals surface area contributed by atoms with Crippen LogP contribution in [0.4, 0.5) is 10.1 Å². The van der Waals surface area contributed by atoms with E-state index in [0.717, 1.165) is 18.9 Å². The van der Waals surface area contributed by atoms with Crippen LogP contribution in [0.3, 0.4) is 0 Å². The van der Waals surface area contributed by atoms with E-state index in [-0.39, 0.29) is 53.0 Å². The third-order valence-corrected chi connectivity index (χ3v) is 5.50. The van der Waals surface area contributed by atoms with Crippen molar-refractivity contribution in [3.63, 3.8) is 0 Å². The van der Waals surface area contributed by atoms with Gasteiger partial charge in [0.15, 0.2) is 11.6 Å². The Balaban J connectivity index is 0.00000240. The number of benzene rings is 1. The molecule has 29 heavy (non-hydrogen) atoms. The summed E-state index contributed by atoms with van der Waals surface area (Å²) in [6.07, 6.45) is 2.79. The number of carbonyl (C=O) groups is 1. The molecule has 0 amide bonds. The van der Waals surface area contributed by atoms with Crippen LogP contribution in [-0.4, -0.2) is 55.1 Å². The Bertz CT molecular complexity index is 1020. The Kier molecular flexibility index (Phi) is 5.75. The molecule has 1 aromatic heterocycles. The van der Waals surface area contributed by atoms with E-state index in [0.29, 0.717) is 18.6 Å². The maximum absolute atomic E-state index is 15.1. The average molecular weight is 428 g/mol. The van der Waals surface area contributed by atoms with E-state index in [1.807, 2.05) is 0 Å². The number of ether oxygens (including phenoxy) is 2. The summed E-state index contributed by atoms with van der Waals surface area (Å²) in [5.74, 6) is -1.78. The monoisotopic (exact) mass is 427 g/mol. The highest BCUT2D eigenvalue weighted by atomic mass is 35.5. The Morgan fingerprint density at radius 3 is 2.52 bits per heavy atom. The summed E-state index contributed by atoms with van der Waals surface area (Å²) in [4.78, 5) is 26.0. The van der Waals surface area contributed by atoms with E-state index in [1.165, 1.54) is 13.3 Å². The molecule has 1 aliphatic heterocycles. The molecule has 0 unspecified atom stereocenters. The van der Waals surface area contributed by atoms with Gasteiger partial charge >= 0.3 is 5.97 Å². The van der Waals surface area contributed by atoms with Gasteiger partial charge in [0.1, 0.15) is 11.3 Å². The molecule has 2 fully saturated rings. The number of carboxylic acids is 1. The molecule has 0 bridgehead atoms. The van der Waals surface area contributed by atoms with Crippen LogP contribution in [0.1, 0.15) is 29.2 Å². The minimum absolute atomic E-state index is 0. The highest BCUT2D eigenvalue weighted by molar-refractivity contribution is 5.97. The van der Waals surface area contributed by atoms with E-state index in [1.54, 1.807) is 16.6 Å². The van der Waals surface area contributed by atoms with Crippen molar-refractivity contribution in [2.45, 2.75) is 31.0 Å². The highest BCUT2D eigenvalue weighted by Gasteiger charge is 2.36. The molecule has 0 spiro atoms. The summed E-state index contributed by atoms with van der Waals surface area (Å²) in [6.45, 7) is 0.759. The fraction of sp³-hybridized carbons (Fsp3) is 0.474. The molecule has 2 aliphatic rings. The van der Waals surface area contributed by atoms with Gasteiger partial charge < -0.3 is 29.8 Å². The van der Waals surface area contributed by atoms with Crippen LogP contribution >= 0.6 is 12.4 Å². The molecule has 0 radical (unpaired) electrons. The van der Waals surface area contributed by atoms with Crippen molar-refractivity contribution in [1.82, 2.24) is 4.57 Å². The summed E-state index contributed by atoms with van der Waals surface area (Å²) in [6, 6.07) is 0.873. The molecule has 1 saturated heterocycles. The van der Waals surface area contributed by atoms with Gasteiger partial charge in [0.05, 0.1) is 30.2 Å². The smallest absolute Gasteiger partial charge is 0.341 e. The summed E-state index contributed by atoms with van der Waals surface area (Å²) in [5.41, 5.74) is 5.60. The first-order chi connectivity index (χ1) is 13.4. The number of halogens is 2. The molecular formula is C19H23ClFN3O5. The molecule has 2 aromatic rings. The number of aromatic nitrogens is 1. The maximum Gasteiger partial charge on any atom is 0.341 e. The molecule has 8 nitrogen and oxygen atoms in total. The van der Waals surface area contributed by atoms with Crippen LogP contribution in [0, 0.1) is 5.82 Å². The average Bonchev–Trinajstić information content (AvgIpc) is 3.43. The van der Waals surface area contributed by atoms with Gasteiger partial charge in [-0.05, 0) is 18.9 Å². The molecule has 2 heterocycles. The molecule has 158 valence electrons. The van der Waals surface area contributed by atoms with Crippen LogP contribution in [0.5, 0.6) is 5.75 Å². The Morgan fingerprint density at radius 2 is 2.00 bits per heavy atom. The van der Waals surface area contributed by atoms with Gasteiger partial charge in [-0.15, -0.1) is 12.4 Å². The SMILES string of the molecule is COc1c(N2C[C@@H](N)[C@@H](OC)C2)c(F)cc2c(=O)c(C(=O)O)cn(C3CC3)c12.Cl. The number of nitrogens with two attached hydrogens (primary N) is 1. The second kappa shape index (κ2) is 7.81. The molecule has 1 saturated carbocycles. The number of hydrogen-bond donors (Lipinski definition) is 2. The molecule has 2 atom stereocenters. The number of rotatable bonds is 5. The molecule has 10 heteroatoms. The topological polar surface area (TPSA) is 107 Å². The van der Waals surface area contributed by atoms with Crippen molar-refractivity contribution in [2.75, 3.05) is 32.2 Å². The largest absolute Gasteiger partial charge is 0.492 e. The van der Waals surface area contributed by atoms with E-state index in [2.05, 4.69) is 0 Å². The van der Waals surface area contributed by atoms with Crippen LogP contribution in [-0.2, 0) is 4.74 Å². The van der Waals surface area contributed by atoms with Gasteiger partial charge in [0, 0.05) is 32.4 Å². The summed E-state index contributed by atoms with van der Waals surface area (Å²) >= 11 is 0. The van der Waals surface area contributed by atoms with Crippen LogP contribution < -0.4 is 20.8 Å². The number of fused-ring (bicyclic) bond motifs is 1. The number of anilines is 1. The molecule has 3 N–H and O–H groups in total. The van der Waals surface area contributed by atoms with E-state index >= 15 is 4.39 Å². The zero-order valence-electron chi connectivity index (χ0n) is 16.1. The van der Waals surface area contributed by atoms with Crippen LogP contribution in [0.2, 0.25) is 0 Å². The number of nitrogens with zero attached hydrogens (tertiary/aromatic N) is 2. The summed E-state index contributed by atoms with van der Waals surface area (Å²) in [5, 5.41) is 9.38. The fourth-order valence-electron chi connectivity index (χ4n) is 3.96. The third kappa shape index (κ3) is 3.43. The van der Waals surface area contributed by atoms with Gasteiger partial charge in [-0.1, -0.05) is 0 Å². The first kappa shape index (κ1) is 21.4. The van der Waals surface area contributed by atoms with Crippen LogP contribution in [0.15, 0.2) is 17.1 Å². The number of aromatic carboxylic acids is 1. The Labute approximate surface area is 172 Å². The molecule has 1 aromatic carbocycles. The number of pyridine rings is 1. The standard InChI is InChI=1S/C19H22FN3O5.ClH/c1-27-14-8-22(7-13(14)21)16-12(20)5-10-15(18(16)28-2)23(9-3-4-9)6-11(17(10)24)19(25)26;/h5-6,9,13-14H,3-4,7-8,21H2,1-2H3,(H,25,26);1H/t13-,14+;/m1./s1. The lowest BCUT2D eigenvalue weighted by molar-refractivity contribution is 0.0694. The third-order valence-electron chi connectivity index (χ3n) is 5.50. The van der Waals surface area contributed by atoms with E-state index < -0.39 is 17.2 Å². The van der Waals surface area contributed by atoms with Gasteiger partial charge in [-0.25, -0.2) is 9.18 Å². The summed E-state index contributed by atoms with van der Waals surface area (Å²) in [7, 11) is 2.97. The first-order valence-corrected chi connectivity index (χ1v) is 9.09. The number of carboxylic acid groups (broad SMARTS) is 1. The molecule has 1 aliphatic carbocycles. The Hall–Kier alpha value is -2.36. The maximum atomic E-state index is 15.1. The van der Waals surface area contributed by atoms with Crippen molar-refractivity contribution in [1.29, 1.82) is 0 Å². The van der Waals surface area contributed by atoms with Crippen molar-refractivity contribution >= 4 is 35.0 Å². The zero-order valence-corrected chi connectivity index (χ0v) is 16.9. The second-order valence-corrected chi connectivity index (χ2v) is 7.29. The quantitative estimate of drug-likeness (QED) is 0.748. The van der Waals surface area contributed by atoms with Crippen LogP contribution in [0.25, 0.3) is 10.9 Å². The van der Waals surface area contributed by atoms with Gasteiger partial charge in [-0.2, -0.15) is 0 Å². The molecular weight excluding hydrogens is 405 g/mol. The lowest BCUT2D eigenvalue weighted by Crippen LogP contribution is -2.34. The number of methoxy groups -OCH3 is 2. The lowest BCUT2D eigenvalue weighted by atomic mass is 10.1. The van der Waals surface area contributed by atoms with E-state index in [9.17, 15) is 14.7 Å². The van der Waals surface area contributed by atoms with Gasteiger partial charge in [0.2, 0.25) is 5.43 Å². The second-order valence-electron chi connectivity index (χ2n) is 7.29. The predicted molar refractivity (Wildman–Crippen MR) is 108 cm³/mol. The van der Waals surface area contributed by atoms with Gasteiger partial charge in [-0.3, -0.25) is 4.79 Å². The molecule has 4 rings (SSSR count). The van der Waals surface area contributed by atoms with Crippen molar-refractivity contribution in [2.24, 2.45) is 5.73 Å². The first-order valence-electron chi connectivity index (χ1n) is 9.09. The van der Waals surface area contributed by atoms with Crippen molar-refractivity contribution < 1.29 is 23.8 Å². The fourth-order valence-corrected chi connectivity index (χ4v) is 3.96. The Morgan fingerprint density at radius 1 is 1.31 bits per heavy atom. The lowest BCUT2D eigenvalue weighted by Gasteiger charge is -2.24. The van der Waals surface area contributed by atoms with Crippen molar-refractivity contribution in [3.8, 4) is 5.75 Å². The minimum Gasteiger partial charge on any atom is -0.492 e. The number of hydrogen-bond acceptors (Lipinski definition) is 6.